The lowest BCUT2D eigenvalue weighted by Gasteiger charge is -2.23. The number of carbonyl (C=O) groups is 1. The molecule has 8 heteroatoms. The summed E-state index contributed by atoms with van der Waals surface area (Å²) in [6.07, 6.45) is 2.11. The lowest BCUT2D eigenvalue weighted by atomic mass is 9.89. The third-order valence-corrected chi connectivity index (χ3v) is 5.91. The normalized spacial score (nSPS) is 16.1. The second kappa shape index (κ2) is 6.42. The van der Waals surface area contributed by atoms with Gasteiger partial charge in [-0.25, -0.2) is 4.98 Å². The molecule has 0 aliphatic carbocycles. The summed E-state index contributed by atoms with van der Waals surface area (Å²) in [5.41, 5.74) is 3.60. The molecule has 140 valence electrons. The summed E-state index contributed by atoms with van der Waals surface area (Å²) in [5.74, 6) is 1.29. The lowest BCUT2D eigenvalue weighted by Crippen LogP contribution is -2.25. The van der Waals surface area contributed by atoms with Crippen molar-refractivity contribution in [3.63, 3.8) is 0 Å². The summed E-state index contributed by atoms with van der Waals surface area (Å²) in [7, 11) is 1.64. The highest BCUT2D eigenvalue weighted by molar-refractivity contribution is 7.20. The number of aryl methyl sites for hydroxylation is 1. The molecule has 0 saturated carbocycles. The van der Waals surface area contributed by atoms with E-state index in [1.54, 1.807) is 18.0 Å². The van der Waals surface area contributed by atoms with Crippen molar-refractivity contribution in [2.45, 2.75) is 19.3 Å². The van der Waals surface area contributed by atoms with Gasteiger partial charge in [-0.3, -0.25) is 9.78 Å². The molecule has 0 fully saturated rings. The quantitative estimate of drug-likeness (QED) is 0.576. The monoisotopic (exact) mass is 391 g/mol. The topological polar surface area (TPSA) is 81.9 Å². The second-order valence-electron chi connectivity index (χ2n) is 6.65. The number of amides is 1. The molecule has 1 aliphatic rings. The molecule has 4 aromatic rings. The van der Waals surface area contributed by atoms with Crippen LogP contribution in [0, 0.1) is 6.92 Å². The van der Waals surface area contributed by atoms with Crippen molar-refractivity contribution in [3.8, 4) is 10.9 Å². The van der Waals surface area contributed by atoms with Crippen molar-refractivity contribution in [1.82, 2.24) is 19.7 Å². The fourth-order valence-electron chi connectivity index (χ4n) is 3.63. The van der Waals surface area contributed by atoms with Gasteiger partial charge in [-0.05, 0) is 37.3 Å². The van der Waals surface area contributed by atoms with Gasteiger partial charge in [-0.15, -0.1) is 0 Å². The molecule has 0 saturated heterocycles. The molecule has 7 nitrogen and oxygen atoms in total. The van der Waals surface area contributed by atoms with Crippen LogP contribution in [0.5, 0.6) is 5.75 Å². The molecule has 28 heavy (non-hydrogen) atoms. The Balaban J connectivity index is 1.66. The smallest absolute Gasteiger partial charge is 0.226 e. The van der Waals surface area contributed by atoms with Crippen molar-refractivity contribution >= 4 is 33.3 Å². The van der Waals surface area contributed by atoms with Gasteiger partial charge in [0.25, 0.3) is 0 Å². The molecule has 1 amide bonds. The van der Waals surface area contributed by atoms with Crippen molar-refractivity contribution < 1.29 is 9.53 Å². The van der Waals surface area contributed by atoms with Crippen molar-refractivity contribution in [3.05, 3.63) is 59.5 Å². The van der Waals surface area contributed by atoms with Crippen LogP contribution in [-0.2, 0) is 4.79 Å². The minimum absolute atomic E-state index is 0.0490. The van der Waals surface area contributed by atoms with Crippen LogP contribution in [0.4, 0.5) is 5.82 Å². The van der Waals surface area contributed by atoms with E-state index >= 15 is 0 Å². The minimum atomic E-state index is -0.117. The Labute approximate surface area is 165 Å². The fraction of sp³-hybridized carbons (Fsp3) is 0.200. The first kappa shape index (κ1) is 16.9. The number of aromatic nitrogens is 4. The van der Waals surface area contributed by atoms with Crippen LogP contribution in [0.25, 0.3) is 15.3 Å². The van der Waals surface area contributed by atoms with E-state index in [-0.39, 0.29) is 11.8 Å². The molecular weight excluding hydrogens is 374 g/mol. The van der Waals surface area contributed by atoms with E-state index in [4.69, 9.17) is 14.8 Å². The number of hydrogen-bond acceptors (Lipinski definition) is 6. The number of anilines is 1. The number of methoxy groups -OCH3 is 1. The first-order valence-corrected chi connectivity index (χ1v) is 9.71. The lowest BCUT2D eigenvalue weighted by molar-refractivity contribution is -0.116. The number of pyridine rings is 1. The Hall–Kier alpha value is -3.26. The summed E-state index contributed by atoms with van der Waals surface area (Å²) in [6.45, 7) is 1.96. The van der Waals surface area contributed by atoms with Crippen LogP contribution in [0.2, 0.25) is 0 Å². The largest absolute Gasteiger partial charge is 0.497 e. The van der Waals surface area contributed by atoms with E-state index in [0.717, 1.165) is 32.9 Å². The summed E-state index contributed by atoms with van der Waals surface area (Å²) < 4.78 is 8.03. The molecule has 1 N–H and O–H groups in total. The number of nitrogens with one attached hydrogen (secondary N) is 1. The maximum Gasteiger partial charge on any atom is 0.226 e. The van der Waals surface area contributed by atoms with E-state index in [0.29, 0.717) is 17.4 Å². The van der Waals surface area contributed by atoms with Gasteiger partial charge in [0, 0.05) is 29.8 Å². The van der Waals surface area contributed by atoms with E-state index in [1.807, 2.05) is 43.3 Å². The van der Waals surface area contributed by atoms with Crippen molar-refractivity contribution in [1.29, 1.82) is 0 Å². The van der Waals surface area contributed by atoms with Crippen LogP contribution in [0.15, 0.2) is 42.6 Å². The summed E-state index contributed by atoms with van der Waals surface area (Å²) in [6, 6.07) is 11.5. The van der Waals surface area contributed by atoms with Crippen LogP contribution >= 0.6 is 11.3 Å². The van der Waals surface area contributed by atoms with Crippen LogP contribution in [0.1, 0.15) is 29.3 Å². The van der Waals surface area contributed by atoms with Gasteiger partial charge in [0.1, 0.15) is 11.6 Å². The number of hydrogen-bond donors (Lipinski definition) is 1. The van der Waals surface area contributed by atoms with Gasteiger partial charge >= 0.3 is 0 Å². The number of fused-ring (bicyclic) bond motifs is 2. The van der Waals surface area contributed by atoms with Crippen LogP contribution in [0.3, 0.4) is 0 Å². The molecule has 5 rings (SSSR count). The maximum absolute atomic E-state index is 12.4. The first-order valence-electron chi connectivity index (χ1n) is 8.89. The van der Waals surface area contributed by atoms with E-state index in [2.05, 4.69) is 10.3 Å². The fourth-order valence-corrected chi connectivity index (χ4v) is 4.58. The Morgan fingerprint density at radius 1 is 1.29 bits per heavy atom. The maximum atomic E-state index is 12.4. The SMILES string of the molecule is COc1ccc2nc(-n3nc(C)c4c3NC(=O)C[C@H]4c3ccccn3)sc2c1. The highest BCUT2D eigenvalue weighted by Crippen LogP contribution is 2.40. The van der Waals surface area contributed by atoms with Gasteiger partial charge in [0.2, 0.25) is 11.0 Å². The molecule has 0 bridgehead atoms. The predicted molar refractivity (Wildman–Crippen MR) is 107 cm³/mol. The third kappa shape index (κ3) is 2.65. The highest BCUT2D eigenvalue weighted by atomic mass is 32.1. The second-order valence-corrected chi connectivity index (χ2v) is 7.66. The van der Waals surface area contributed by atoms with Gasteiger partial charge in [-0.2, -0.15) is 9.78 Å². The number of nitrogens with zero attached hydrogens (tertiary/aromatic N) is 4. The van der Waals surface area contributed by atoms with Crippen LogP contribution in [-0.4, -0.2) is 32.8 Å². The Bertz CT molecular complexity index is 1200. The van der Waals surface area contributed by atoms with Gasteiger partial charge < -0.3 is 10.1 Å². The zero-order valence-corrected chi connectivity index (χ0v) is 16.2. The van der Waals surface area contributed by atoms with Crippen LogP contribution < -0.4 is 10.1 Å². The number of rotatable bonds is 3. The molecular formula is C20H17N5O2S. The number of benzene rings is 1. The van der Waals surface area contributed by atoms with Gasteiger partial charge in [0.15, 0.2) is 0 Å². The predicted octanol–water partition coefficient (Wildman–Crippen LogP) is 3.67. The third-order valence-electron chi connectivity index (χ3n) is 4.91. The molecule has 1 atom stereocenters. The summed E-state index contributed by atoms with van der Waals surface area (Å²) >= 11 is 1.51. The number of carbonyl (C=O) groups excluding carboxylic acids is 1. The number of ether oxygens (including phenoxy) is 1. The molecule has 1 aromatic carbocycles. The average Bonchev–Trinajstić information content (AvgIpc) is 3.28. The summed E-state index contributed by atoms with van der Waals surface area (Å²) in [5, 5.41) is 8.39. The van der Waals surface area contributed by atoms with E-state index in [9.17, 15) is 4.79 Å². The minimum Gasteiger partial charge on any atom is -0.497 e. The molecule has 4 heterocycles. The first-order chi connectivity index (χ1) is 13.6. The van der Waals surface area contributed by atoms with Crippen molar-refractivity contribution in [2.24, 2.45) is 0 Å². The molecule has 0 radical (unpaired) electrons. The molecule has 0 spiro atoms. The molecule has 1 aliphatic heterocycles. The average molecular weight is 391 g/mol. The zero-order valence-electron chi connectivity index (χ0n) is 15.3. The number of thiazole rings is 1. The molecule has 3 aromatic heterocycles. The van der Waals surface area contributed by atoms with E-state index < -0.39 is 0 Å². The summed E-state index contributed by atoms with van der Waals surface area (Å²) in [4.78, 5) is 21.6. The van der Waals surface area contributed by atoms with Gasteiger partial charge in [-0.1, -0.05) is 17.4 Å². The van der Waals surface area contributed by atoms with Gasteiger partial charge in [0.05, 0.1) is 23.0 Å². The molecule has 0 unspecified atom stereocenters. The Morgan fingerprint density at radius 2 is 2.18 bits per heavy atom. The van der Waals surface area contributed by atoms with E-state index in [1.165, 1.54) is 11.3 Å². The Morgan fingerprint density at radius 3 is 2.96 bits per heavy atom. The Kier molecular flexibility index (Phi) is 3.87. The van der Waals surface area contributed by atoms with Crippen molar-refractivity contribution in [2.75, 3.05) is 12.4 Å². The standard InChI is InChI=1S/C20H17N5O2S/c1-11-18-13(14-5-3-4-8-21-14)10-17(26)23-19(18)25(24-11)20-22-15-7-6-12(27-2)9-16(15)28-20/h3-9,13H,10H2,1-2H3,(H,23,26)/t13-/m0/s1. The highest BCUT2D eigenvalue weighted by Gasteiger charge is 2.33. The zero-order chi connectivity index (χ0) is 19.3.